The third-order valence-corrected chi connectivity index (χ3v) is 3.63. The van der Waals surface area contributed by atoms with E-state index in [2.05, 4.69) is 26.2 Å². The van der Waals surface area contributed by atoms with Crippen LogP contribution in [0.2, 0.25) is 5.15 Å². The first-order valence-corrected chi connectivity index (χ1v) is 6.52. The lowest BCUT2D eigenvalue weighted by molar-refractivity contribution is 0.948. The fourth-order valence-corrected chi connectivity index (χ4v) is 2.58. The molecule has 0 atom stereocenters. The average molecular weight is 284 g/mol. The van der Waals surface area contributed by atoms with Crippen LogP contribution in [0, 0.1) is 0 Å². The van der Waals surface area contributed by atoms with Gasteiger partial charge in [0.05, 0.1) is 17.4 Å². The quantitative estimate of drug-likeness (QED) is 0.584. The van der Waals surface area contributed by atoms with Crippen LogP contribution in [0.15, 0.2) is 36.8 Å². The number of H-pyrrole nitrogens is 1. The number of fused-ring (bicyclic) bond motifs is 2. The van der Waals surface area contributed by atoms with Crippen LogP contribution in [0.4, 0.5) is 0 Å². The molecule has 3 aromatic heterocycles. The first-order chi connectivity index (χ1) is 9.72. The molecule has 4 rings (SSSR count). The molecule has 0 bridgehead atoms. The minimum absolute atomic E-state index is 0.389. The summed E-state index contributed by atoms with van der Waals surface area (Å²) in [6.45, 7) is 0. The van der Waals surface area contributed by atoms with Crippen molar-refractivity contribution in [3.63, 3.8) is 0 Å². The summed E-state index contributed by atoms with van der Waals surface area (Å²) in [6.07, 6.45) is 3.74. The van der Waals surface area contributed by atoms with Gasteiger partial charge in [-0.3, -0.25) is 0 Å². The number of aromatic amines is 1. The summed E-state index contributed by atoms with van der Waals surface area (Å²) in [4.78, 5) is 7.44. The fraction of sp³-hybridized carbons (Fsp3) is 0.0714. The molecule has 1 aromatic carbocycles. The van der Waals surface area contributed by atoms with Crippen molar-refractivity contribution in [1.82, 2.24) is 24.7 Å². The van der Waals surface area contributed by atoms with E-state index in [-0.39, 0.29) is 0 Å². The van der Waals surface area contributed by atoms with Gasteiger partial charge in [0.15, 0.2) is 10.8 Å². The second-order valence-electron chi connectivity index (χ2n) is 4.69. The van der Waals surface area contributed by atoms with E-state index >= 15 is 0 Å². The second-order valence-corrected chi connectivity index (χ2v) is 5.08. The number of nitrogens with one attached hydrogen (secondary N) is 1. The predicted octanol–water partition coefficient (Wildman–Crippen LogP) is 3.17. The van der Waals surface area contributed by atoms with E-state index in [1.165, 1.54) is 0 Å². The van der Waals surface area contributed by atoms with Gasteiger partial charge in [-0.1, -0.05) is 17.7 Å². The maximum absolute atomic E-state index is 5.94. The summed E-state index contributed by atoms with van der Waals surface area (Å²) < 4.78 is 2.00. The third-order valence-electron chi connectivity index (χ3n) is 3.44. The molecule has 0 radical (unpaired) electrons. The molecule has 0 amide bonds. The van der Waals surface area contributed by atoms with E-state index in [1.54, 1.807) is 0 Å². The van der Waals surface area contributed by atoms with E-state index < -0.39 is 0 Å². The van der Waals surface area contributed by atoms with Crippen molar-refractivity contribution >= 4 is 33.7 Å². The molecule has 0 unspecified atom stereocenters. The summed E-state index contributed by atoms with van der Waals surface area (Å²) in [7, 11) is 1.98. The standard InChI is InChI=1S/C14H10ClN5/c1-20-7-17-11-3-2-8(4-12(11)20)10-6-16-14-9(10)5-13(15)18-19-14/h2-7H,1H3,(H,16,19). The van der Waals surface area contributed by atoms with Gasteiger partial charge in [0, 0.05) is 24.2 Å². The normalized spacial score (nSPS) is 11.5. The number of hydrogen-bond acceptors (Lipinski definition) is 3. The second kappa shape index (κ2) is 4.05. The molecule has 5 nitrogen and oxygen atoms in total. The first kappa shape index (κ1) is 11.4. The van der Waals surface area contributed by atoms with E-state index in [9.17, 15) is 0 Å². The summed E-state index contributed by atoms with van der Waals surface area (Å²) in [5.41, 5.74) is 4.95. The van der Waals surface area contributed by atoms with Crippen molar-refractivity contribution in [1.29, 1.82) is 0 Å². The highest BCUT2D eigenvalue weighted by molar-refractivity contribution is 6.30. The monoisotopic (exact) mass is 283 g/mol. The molecule has 1 N–H and O–H groups in total. The molecular formula is C14H10ClN5. The van der Waals surface area contributed by atoms with Crippen LogP contribution in [0.25, 0.3) is 33.2 Å². The molecule has 0 aliphatic heterocycles. The summed E-state index contributed by atoms with van der Waals surface area (Å²) in [6, 6.07) is 7.99. The zero-order chi connectivity index (χ0) is 13.7. The van der Waals surface area contributed by atoms with Gasteiger partial charge in [-0.05, 0) is 23.8 Å². The van der Waals surface area contributed by atoms with Crippen LogP contribution in [0.5, 0.6) is 0 Å². The van der Waals surface area contributed by atoms with Gasteiger partial charge in [0.1, 0.15) is 0 Å². The van der Waals surface area contributed by atoms with Crippen molar-refractivity contribution in [2.24, 2.45) is 7.05 Å². The number of hydrogen-bond donors (Lipinski definition) is 1. The van der Waals surface area contributed by atoms with Crippen LogP contribution in [-0.4, -0.2) is 24.7 Å². The van der Waals surface area contributed by atoms with E-state index in [1.807, 2.05) is 42.3 Å². The maximum Gasteiger partial charge on any atom is 0.160 e. The average Bonchev–Trinajstić information content (AvgIpc) is 3.02. The summed E-state index contributed by atoms with van der Waals surface area (Å²) in [5, 5.41) is 9.24. The smallest absolute Gasteiger partial charge is 0.160 e. The Kier molecular flexibility index (Phi) is 2.31. The van der Waals surface area contributed by atoms with Crippen molar-refractivity contribution in [2.75, 3.05) is 0 Å². The van der Waals surface area contributed by atoms with Crippen LogP contribution in [0.3, 0.4) is 0 Å². The highest BCUT2D eigenvalue weighted by Crippen LogP contribution is 2.30. The van der Waals surface area contributed by atoms with Gasteiger partial charge in [-0.15, -0.1) is 10.2 Å². The SMILES string of the molecule is Cn1cnc2ccc(-c3c[nH]c4nnc(Cl)cc34)cc21. The number of aromatic nitrogens is 5. The number of aryl methyl sites for hydroxylation is 1. The van der Waals surface area contributed by atoms with Crippen molar-refractivity contribution in [2.45, 2.75) is 0 Å². The molecule has 0 saturated heterocycles. The maximum atomic E-state index is 5.94. The van der Waals surface area contributed by atoms with Crippen LogP contribution >= 0.6 is 11.6 Å². The van der Waals surface area contributed by atoms with E-state index in [0.717, 1.165) is 33.2 Å². The summed E-state index contributed by atoms with van der Waals surface area (Å²) in [5.74, 6) is 0. The van der Waals surface area contributed by atoms with Gasteiger partial charge >= 0.3 is 0 Å². The van der Waals surface area contributed by atoms with E-state index in [4.69, 9.17) is 11.6 Å². The summed E-state index contributed by atoms with van der Waals surface area (Å²) >= 11 is 5.94. The number of halogens is 1. The highest BCUT2D eigenvalue weighted by Gasteiger charge is 2.10. The molecule has 0 aliphatic rings. The van der Waals surface area contributed by atoms with Gasteiger partial charge in [0.2, 0.25) is 0 Å². The third kappa shape index (κ3) is 1.60. The molecule has 0 saturated carbocycles. The lowest BCUT2D eigenvalue weighted by Crippen LogP contribution is -1.85. The molecule has 20 heavy (non-hydrogen) atoms. The Morgan fingerprint density at radius 1 is 1.20 bits per heavy atom. The number of benzene rings is 1. The van der Waals surface area contributed by atoms with Crippen LogP contribution in [0.1, 0.15) is 0 Å². The number of imidazole rings is 1. The Labute approximate surface area is 119 Å². The molecular weight excluding hydrogens is 274 g/mol. The van der Waals surface area contributed by atoms with Crippen LogP contribution < -0.4 is 0 Å². The van der Waals surface area contributed by atoms with E-state index in [0.29, 0.717) is 5.15 Å². The topological polar surface area (TPSA) is 59.4 Å². The number of nitrogens with zero attached hydrogens (tertiary/aromatic N) is 4. The Morgan fingerprint density at radius 3 is 3.00 bits per heavy atom. The Morgan fingerprint density at radius 2 is 2.10 bits per heavy atom. The van der Waals surface area contributed by atoms with Gasteiger partial charge in [0.25, 0.3) is 0 Å². The molecule has 0 aliphatic carbocycles. The highest BCUT2D eigenvalue weighted by atomic mass is 35.5. The molecule has 6 heteroatoms. The Bertz CT molecular complexity index is 937. The predicted molar refractivity (Wildman–Crippen MR) is 78.6 cm³/mol. The minimum Gasteiger partial charge on any atom is -0.344 e. The van der Waals surface area contributed by atoms with Crippen molar-refractivity contribution in [3.05, 3.63) is 41.9 Å². The lowest BCUT2D eigenvalue weighted by Gasteiger charge is -2.01. The zero-order valence-corrected chi connectivity index (χ0v) is 11.4. The Balaban J connectivity index is 2.00. The van der Waals surface area contributed by atoms with Crippen LogP contribution in [-0.2, 0) is 7.05 Å². The van der Waals surface area contributed by atoms with Gasteiger partial charge in [-0.2, -0.15) is 0 Å². The molecule has 0 spiro atoms. The zero-order valence-electron chi connectivity index (χ0n) is 10.6. The molecule has 3 heterocycles. The van der Waals surface area contributed by atoms with Gasteiger partial charge in [-0.25, -0.2) is 4.98 Å². The van der Waals surface area contributed by atoms with Crippen molar-refractivity contribution in [3.8, 4) is 11.1 Å². The molecule has 98 valence electrons. The lowest BCUT2D eigenvalue weighted by atomic mass is 10.1. The van der Waals surface area contributed by atoms with Gasteiger partial charge < -0.3 is 9.55 Å². The Hall–Kier alpha value is -2.40. The molecule has 0 fully saturated rings. The minimum atomic E-state index is 0.389. The van der Waals surface area contributed by atoms with Crippen molar-refractivity contribution < 1.29 is 0 Å². The first-order valence-electron chi connectivity index (χ1n) is 6.14. The largest absolute Gasteiger partial charge is 0.344 e. The fourth-order valence-electron chi connectivity index (χ4n) is 2.43. The number of rotatable bonds is 1. The molecule has 4 aromatic rings.